The number of rotatable bonds is 4. The molecule has 2 aromatic rings. The first kappa shape index (κ1) is 12.8. The Morgan fingerprint density at radius 3 is 1.78 bits per heavy atom. The summed E-state index contributed by atoms with van der Waals surface area (Å²) in [6.07, 6.45) is -0.540. The van der Waals surface area contributed by atoms with Crippen molar-refractivity contribution in [3.8, 4) is 0 Å². The molecule has 0 fully saturated rings. The number of aliphatic hydroxyl groups is 1. The van der Waals surface area contributed by atoms with Gasteiger partial charge >= 0.3 is 0 Å². The van der Waals surface area contributed by atoms with Gasteiger partial charge in [-0.2, -0.15) is 0 Å². The van der Waals surface area contributed by atoms with Crippen molar-refractivity contribution in [2.75, 3.05) is 0 Å². The molecule has 0 aliphatic rings. The van der Waals surface area contributed by atoms with E-state index in [1.165, 1.54) is 0 Å². The molecule has 0 saturated carbocycles. The molecule has 0 radical (unpaired) electrons. The highest BCUT2D eigenvalue weighted by atomic mass is 16.3. The predicted molar refractivity (Wildman–Crippen MR) is 73.9 cm³/mol. The lowest BCUT2D eigenvalue weighted by molar-refractivity contribution is 0.103. The highest BCUT2D eigenvalue weighted by Crippen LogP contribution is 2.30. The molecule has 2 heteroatoms. The van der Waals surface area contributed by atoms with Gasteiger partial charge in [-0.1, -0.05) is 67.6 Å². The molecular weight excluding hydrogens is 222 g/mol. The lowest BCUT2D eigenvalue weighted by Crippen LogP contribution is -2.24. The first-order chi connectivity index (χ1) is 8.70. The lowest BCUT2D eigenvalue weighted by atomic mass is 9.87. The monoisotopic (exact) mass is 241 g/mol. The Morgan fingerprint density at radius 2 is 1.28 bits per heavy atom. The molecule has 0 unspecified atom stereocenters. The van der Waals surface area contributed by atoms with E-state index in [4.69, 9.17) is 5.73 Å². The maximum absolute atomic E-state index is 10.3. The number of aliphatic hydroxyl groups excluding tert-OH is 1. The van der Waals surface area contributed by atoms with Crippen LogP contribution in [0.5, 0.6) is 0 Å². The summed E-state index contributed by atoms with van der Waals surface area (Å²) in [7, 11) is 0. The second kappa shape index (κ2) is 5.80. The van der Waals surface area contributed by atoms with Gasteiger partial charge in [0, 0.05) is 12.0 Å². The Labute approximate surface area is 108 Å². The predicted octanol–water partition coefficient (Wildman–Crippen LogP) is 3.06. The van der Waals surface area contributed by atoms with E-state index < -0.39 is 6.10 Å². The smallest absolute Gasteiger partial charge is 0.0833 e. The third-order valence-corrected chi connectivity index (χ3v) is 3.39. The summed E-state index contributed by atoms with van der Waals surface area (Å²) >= 11 is 0. The van der Waals surface area contributed by atoms with Crippen LogP contribution < -0.4 is 5.73 Å². The first-order valence-corrected chi connectivity index (χ1v) is 6.23. The van der Waals surface area contributed by atoms with Crippen LogP contribution in [-0.4, -0.2) is 5.11 Å². The van der Waals surface area contributed by atoms with Gasteiger partial charge in [-0.05, 0) is 11.1 Å². The minimum Gasteiger partial charge on any atom is -0.388 e. The molecule has 0 aliphatic heterocycles. The van der Waals surface area contributed by atoms with E-state index in [1.807, 2.05) is 67.6 Å². The van der Waals surface area contributed by atoms with Crippen molar-refractivity contribution >= 4 is 0 Å². The summed E-state index contributed by atoms with van der Waals surface area (Å²) in [6.45, 7) is 1.98. The van der Waals surface area contributed by atoms with Gasteiger partial charge < -0.3 is 10.8 Å². The van der Waals surface area contributed by atoms with Crippen LogP contribution in [0.15, 0.2) is 60.7 Å². The third-order valence-electron chi connectivity index (χ3n) is 3.39. The van der Waals surface area contributed by atoms with Gasteiger partial charge in [0.25, 0.3) is 0 Å². The molecule has 0 amide bonds. The molecule has 18 heavy (non-hydrogen) atoms. The molecule has 0 aromatic heterocycles. The minimum atomic E-state index is -0.540. The van der Waals surface area contributed by atoms with Crippen molar-refractivity contribution in [3.05, 3.63) is 71.8 Å². The molecule has 0 bridgehead atoms. The fourth-order valence-electron chi connectivity index (χ4n) is 2.13. The minimum absolute atomic E-state index is 0.0326. The zero-order chi connectivity index (χ0) is 13.0. The van der Waals surface area contributed by atoms with Gasteiger partial charge in [-0.15, -0.1) is 0 Å². The summed E-state index contributed by atoms with van der Waals surface area (Å²) in [5.74, 6) is -0.0326. The summed E-state index contributed by atoms with van der Waals surface area (Å²) in [6, 6.07) is 19.4. The molecule has 2 aromatic carbocycles. The van der Waals surface area contributed by atoms with Crippen LogP contribution >= 0.6 is 0 Å². The number of hydrogen-bond acceptors (Lipinski definition) is 2. The van der Waals surface area contributed by atoms with Crippen LogP contribution in [0.4, 0.5) is 0 Å². The van der Waals surface area contributed by atoms with Gasteiger partial charge in [-0.25, -0.2) is 0 Å². The SMILES string of the molecule is C[C@H]([C@H](N)c1ccccc1)[C@@H](O)c1ccccc1. The van der Waals surface area contributed by atoms with E-state index >= 15 is 0 Å². The van der Waals surface area contributed by atoms with E-state index in [0.717, 1.165) is 11.1 Å². The Bertz CT molecular complexity index is 423. The Morgan fingerprint density at radius 1 is 0.833 bits per heavy atom. The molecule has 3 atom stereocenters. The Hall–Kier alpha value is -1.64. The van der Waals surface area contributed by atoms with E-state index in [0.29, 0.717) is 0 Å². The first-order valence-electron chi connectivity index (χ1n) is 6.23. The van der Waals surface area contributed by atoms with E-state index in [9.17, 15) is 5.11 Å². The van der Waals surface area contributed by atoms with Crippen LogP contribution in [0.1, 0.15) is 30.2 Å². The molecule has 2 nitrogen and oxygen atoms in total. The molecule has 2 rings (SSSR count). The van der Waals surface area contributed by atoms with E-state index in [1.54, 1.807) is 0 Å². The van der Waals surface area contributed by atoms with Crippen LogP contribution in [-0.2, 0) is 0 Å². The Kier molecular flexibility index (Phi) is 4.13. The average Bonchev–Trinajstić information content (AvgIpc) is 2.47. The Balaban J connectivity index is 2.14. The summed E-state index contributed by atoms with van der Waals surface area (Å²) in [4.78, 5) is 0. The topological polar surface area (TPSA) is 46.2 Å². The fraction of sp³-hybridized carbons (Fsp3) is 0.250. The highest BCUT2D eigenvalue weighted by molar-refractivity contribution is 5.22. The lowest BCUT2D eigenvalue weighted by Gasteiger charge is -2.25. The molecule has 3 N–H and O–H groups in total. The summed E-state index contributed by atoms with van der Waals surface area (Å²) < 4.78 is 0. The van der Waals surface area contributed by atoms with E-state index in [-0.39, 0.29) is 12.0 Å². The molecule has 0 saturated heterocycles. The van der Waals surface area contributed by atoms with Crippen LogP contribution in [0.25, 0.3) is 0 Å². The highest BCUT2D eigenvalue weighted by Gasteiger charge is 2.23. The zero-order valence-corrected chi connectivity index (χ0v) is 10.5. The van der Waals surface area contributed by atoms with Crippen molar-refractivity contribution in [2.24, 2.45) is 11.7 Å². The standard InChI is InChI=1S/C16H19NO/c1-12(15(17)13-8-4-2-5-9-13)16(18)14-10-6-3-7-11-14/h2-12,15-16,18H,17H2,1H3/t12-,15+,16-/m1/s1. The molecular formula is C16H19NO. The second-order valence-corrected chi connectivity index (χ2v) is 4.65. The normalized spacial score (nSPS) is 15.9. The van der Waals surface area contributed by atoms with Gasteiger partial charge in [0.05, 0.1) is 6.10 Å². The molecule has 0 aliphatic carbocycles. The molecule has 0 spiro atoms. The van der Waals surface area contributed by atoms with Crippen LogP contribution in [0.2, 0.25) is 0 Å². The average molecular weight is 241 g/mol. The molecule has 94 valence electrons. The van der Waals surface area contributed by atoms with Gasteiger partial charge in [0.15, 0.2) is 0 Å². The maximum atomic E-state index is 10.3. The number of hydrogen-bond donors (Lipinski definition) is 2. The van der Waals surface area contributed by atoms with Gasteiger partial charge in [0.2, 0.25) is 0 Å². The zero-order valence-electron chi connectivity index (χ0n) is 10.5. The van der Waals surface area contributed by atoms with Crippen molar-refractivity contribution < 1.29 is 5.11 Å². The van der Waals surface area contributed by atoms with Crippen molar-refractivity contribution in [1.82, 2.24) is 0 Å². The maximum Gasteiger partial charge on any atom is 0.0833 e. The fourth-order valence-corrected chi connectivity index (χ4v) is 2.13. The summed E-state index contributed by atoms with van der Waals surface area (Å²) in [5.41, 5.74) is 8.19. The number of nitrogens with two attached hydrogens (primary N) is 1. The van der Waals surface area contributed by atoms with Crippen LogP contribution in [0.3, 0.4) is 0 Å². The quantitative estimate of drug-likeness (QED) is 0.864. The molecule has 0 heterocycles. The third kappa shape index (κ3) is 2.78. The van der Waals surface area contributed by atoms with Gasteiger partial charge in [-0.3, -0.25) is 0 Å². The van der Waals surface area contributed by atoms with Gasteiger partial charge in [0.1, 0.15) is 0 Å². The van der Waals surface area contributed by atoms with Crippen LogP contribution in [0, 0.1) is 5.92 Å². The summed E-state index contributed by atoms with van der Waals surface area (Å²) in [5, 5.41) is 10.3. The largest absolute Gasteiger partial charge is 0.388 e. The van der Waals surface area contributed by atoms with E-state index in [2.05, 4.69) is 0 Å². The van der Waals surface area contributed by atoms with Crippen molar-refractivity contribution in [3.63, 3.8) is 0 Å². The second-order valence-electron chi connectivity index (χ2n) is 4.65. The van der Waals surface area contributed by atoms with Crippen molar-refractivity contribution in [1.29, 1.82) is 0 Å². The number of benzene rings is 2. The van der Waals surface area contributed by atoms with Crippen molar-refractivity contribution in [2.45, 2.75) is 19.1 Å².